The molecule has 1 heterocycles. The third-order valence-electron chi connectivity index (χ3n) is 2.62. The Labute approximate surface area is 107 Å². The fourth-order valence-corrected chi connectivity index (χ4v) is 2.01. The Hall–Kier alpha value is -1.25. The molecule has 1 aromatic heterocycles. The van der Waals surface area contributed by atoms with Crippen molar-refractivity contribution in [2.75, 3.05) is 6.54 Å². The van der Waals surface area contributed by atoms with Crippen molar-refractivity contribution in [3.63, 3.8) is 0 Å². The number of hydrogen-bond acceptors (Lipinski definition) is 2. The van der Waals surface area contributed by atoms with Gasteiger partial charge in [-0.1, -0.05) is 36.7 Å². The summed E-state index contributed by atoms with van der Waals surface area (Å²) in [5.74, 6) is 0.937. The fourth-order valence-electron chi connectivity index (χ4n) is 1.78. The van der Waals surface area contributed by atoms with Crippen LogP contribution in [-0.4, -0.2) is 6.54 Å². The van der Waals surface area contributed by atoms with E-state index in [0.29, 0.717) is 0 Å². The molecule has 0 fully saturated rings. The second-order valence-corrected chi connectivity index (χ2v) is 4.32. The maximum Gasteiger partial charge on any atom is 0.125 e. The molecule has 2 rings (SSSR count). The van der Waals surface area contributed by atoms with Crippen LogP contribution in [0.4, 0.5) is 0 Å². The topological polar surface area (TPSA) is 25.2 Å². The summed E-state index contributed by atoms with van der Waals surface area (Å²) >= 11 is 6.19. The summed E-state index contributed by atoms with van der Waals surface area (Å²) in [6.07, 6.45) is 2.82. The van der Waals surface area contributed by atoms with Gasteiger partial charge < -0.3 is 9.73 Å². The number of halogens is 1. The predicted octanol–water partition coefficient (Wildman–Crippen LogP) is 4.10. The molecule has 0 amide bonds. The third-order valence-corrected chi connectivity index (χ3v) is 2.95. The van der Waals surface area contributed by atoms with Gasteiger partial charge in [0, 0.05) is 16.1 Å². The van der Waals surface area contributed by atoms with Crippen molar-refractivity contribution < 1.29 is 4.42 Å². The van der Waals surface area contributed by atoms with E-state index in [4.69, 9.17) is 16.0 Å². The highest BCUT2D eigenvalue weighted by Crippen LogP contribution is 2.30. The highest BCUT2D eigenvalue weighted by Gasteiger charge is 2.10. The molecule has 0 spiro atoms. The monoisotopic (exact) mass is 249 g/mol. The van der Waals surface area contributed by atoms with Gasteiger partial charge in [-0.25, -0.2) is 0 Å². The summed E-state index contributed by atoms with van der Waals surface area (Å²) in [4.78, 5) is 0. The van der Waals surface area contributed by atoms with Crippen molar-refractivity contribution in [1.82, 2.24) is 5.32 Å². The second-order valence-electron chi connectivity index (χ2n) is 3.91. The first kappa shape index (κ1) is 12.2. The molecule has 0 bridgehead atoms. The molecule has 0 saturated carbocycles. The average Bonchev–Trinajstić information content (AvgIpc) is 2.78. The SMILES string of the molecule is CCCNCc1occc1-c1ccccc1Cl. The van der Waals surface area contributed by atoms with E-state index in [1.54, 1.807) is 6.26 Å². The summed E-state index contributed by atoms with van der Waals surface area (Å²) in [7, 11) is 0. The van der Waals surface area contributed by atoms with Crippen LogP contribution >= 0.6 is 11.6 Å². The van der Waals surface area contributed by atoms with Crippen molar-refractivity contribution in [3.05, 3.63) is 47.4 Å². The van der Waals surface area contributed by atoms with Gasteiger partial charge in [-0.05, 0) is 25.1 Å². The van der Waals surface area contributed by atoms with Gasteiger partial charge in [-0.2, -0.15) is 0 Å². The number of nitrogens with one attached hydrogen (secondary N) is 1. The van der Waals surface area contributed by atoms with E-state index in [-0.39, 0.29) is 0 Å². The van der Waals surface area contributed by atoms with Gasteiger partial charge in [0.2, 0.25) is 0 Å². The summed E-state index contributed by atoms with van der Waals surface area (Å²) in [5.41, 5.74) is 2.09. The van der Waals surface area contributed by atoms with Gasteiger partial charge in [-0.15, -0.1) is 0 Å². The van der Waals surface area contributed by atoms with Crippen LogP contribution in [0, 0.1) is 0 Å². The van der Waals surface area contributed by atoms with Crippen molar-refractivity contribution in [3.8, 4) is 11.1 Å². The Morgan fingerprint density at radius 3 is 2.76 bits per heavy atom. The van der Waals surface area contributed by atoms with E-state index < -0.39 is 0 Å². The zero-order chi connectivity index (χ0) is 12.1. The van der Waals surface area contributed by atoms with Crippen LogP contribution in [0.2, 0.25) is 5.02 Å². The van der Waals surface area contributed by atoms with Crippen molar-refractivity contribution in [1.29, 1.82) is 0 Å². The van der Waals surface area contributed by atoms with Gasteiger partial charge in [0.1, 0.15) is 5.76 Å². The maximum atomic E-state index is 6.19. The Bertz CT molecular complexity index is 479. The lowest BCUT2D eigenvalue weighted by atomic mass is 10.1. The van der Waals surface area contributed by atoms with E-state index in [0.717, 1.165) is 41.4 Å². The molecule has 1 aromatic carbocycles. The molecule has 0 aliphatic carbocycles. The molecule has 0 aliphatic heterocycles. The lowest BCUT2D eigenvalue weighted by Gasteiger charge is -2.05. The lowest BCUT2D eigenvalue weighted by Crippen LogP contribution is -2.13. The van der Waals surface area contributed by atoms with E-state index in [1.807, 2.05) is 30.3 Å². The van der Waals surface area contributed by atoms with Gasteiger partial charge in [0.25, 0.3) is 0 Å². The molecule has 0 unspecified atom stereocenters. The highest BCUT2D eigenvalue weighted by atomic mass is 35.5. The molecule has 3 heteroatoms. The van der Waals surface area contributed by atoms with Gasteiger partial charge in [-0.3, -0.25) is 0 Å². The molecule has 2 nitrogen and oxygen atoms in total. The van der Waals surface area contributed by atoms with Crippen LogP contribution in [0.3, 0.4) is 0 Å². The predicted molar refractivity (Wildman–Crippen MR) is 71.2 cm³/mol. The summed E-state index contributed by atoms with van der Waals surface area (Å²) in [6, 6.07) is 9.78. The molecular weight excluding hydrogens is 234 g/mol. The Morgan fingerprint density at radius 2 is 2.00 bits per heavy atom. The fraction of sp³-hybridized carbons (Fsp3) is 0.286. The summed E-state index contributed by atoms with van der Waals surface area (Å²) in [5, 5.41) is 4.09. The molecule has 90 valence electrons. The van der Waals surface area contributed by atoms with Crippen LogP contribution in [0.15, 0.2) is 41.0 Å². The van der Waals surface area contributed by atoms with Crippen LogP contribution in [0.25, 0.3) is 11.1 Å². The van der Waals surface area contributed by atoms with Gasteiger partial charge in [0.05, 0.1) is 12.8 Å². The largest absolute Gasteiger partial charge is 0.467 e. The highest BCUT2D eigenvalue weighted by molar-refractivity contribution is 6.33. The smallest absolute Gasteiger partial charge is 0.125 e. The lowest BCUT2D eigenvalue weighted by molar-refractivity contribution is 0.484. The minimum absolute atomic E-state index is 0.737. The summed E-state index contributed by atoms with van der Waals surface area (Å²) in [6.45, 7) is 3.87. The Kier molecular flexibility index (Phi) is 4.24. The van der Waals surface area contributed by atoms with E-state index in [1.165, 1.54) is 0 Å². The van der Waals surface area contributed by atoms with E-state index >= 15 is 0 Å². The van der Waals surface area contributed by atoms with Crippen LogP contribution < -0.4 is 5.32 Å². The number of hydrogen-bond donors (Lipinski definition) is 1. The van der Waals surface area contributed by atoms with Crippen LogP contribution in [0.1, 0.15) is 19.1 Å². The minimum atomic E-state index is 0.737. The van der Waals surface area contributed by atoms with Crippen molar-refractivity contribution in [2.24, 2.45) is 0 Å². The van der Waals surface area contributed by atoms with Crippen LogP contribution in [-0.2, 0) is 6.54 Å². The first-order valence-corrected chi connectivity index (χ1v) is 6.22. The molecule has 0 atom stereocenters. The zero-order valence-corrected chi connectivity index (χ0v) is 10.6. The molecule has 2 aromatic rings. The molecule has 0 saturated heterocycles. The minimum Gasteiger partial charge on any atom is -0.467 e. The first-order valence-electron chi connectivity index (χ1n) is 5.85. The normalized spacial score (nSPS) is 10.7. The quantitative estimate of drug-likeness (QED) is 0.807. The third kappa shape index (κ3) is 2.90. The van der Waals surface area contributed by atoms with E-state index in [2.05, 4.69) is 12.2 Å². The Balaban J connectivity index is 2.22. The van der Waals surface area contributed by atoms with Crippen LogP contribution in [0.5, 0.6) is 0 Å². The van der Waals surface area contributed by atoms with E-state index in [9.17, 15) is 0 Å². The second kappa shape index (κ2) is 5.89. The number of furan rings is 1. The molecular formula is C14H16ClNO. The maximum absolute atomic E-state index is 6.19. The first-order chi connectivity index (χ1) is 8.33. The van der Waals surface area contributed by atoms with Crippen molar-refractivity contribution >= 4 is 11.6 Å². The number of rotatable bonds is 5. The zero-order valence-electron chi connectivity index (χ0n) is 9.87. The molecule has 1 N–H and O–H groups in total. The number of benzene rings is 1. The van der Waals surface area contributed by atoms with Crippen molar-refractivity contribution in [2.45, 2.75) is 19.9 Å². The standard InChI is InChI=1S/C14H16ClNO/c1-2-8-16-10-14-12(7-9-17-14)11-5-3-4-6-13(11)15/h3-7,9,16H,2,8,10H2,1H3. The summed E-state index contributed by atoms with van der Waals surface area (Å²) < 4.78 is 5.50. The molecule has 0 aliphatic rings. The Morgan fingerprint density at radius 1 is 1.18 bits per heavy atom. The van der Waals surface area contributed by atoms with Gasteiger partial charge in [0.15, 0.2) is 0 Å². The average molecular weight is 250 g/mol. The molecule has 0 radical (unpaired) electrons. The molecule has 17 heavy (non-hydrogen) atoms. The van der Waals surface area contributed by atoms with Gasteiger partial charge >= 0.3 is 0 Å².